The predicted molar refractivity (Wildman–Crippen MR) is 66.1 cm³/mol. The van der Waals surface area contributed by atoms with Gasteiger partial charge >= 0.3 is 6.01 Å². The normalized spacial score (nSPS) is 18.4. The largest absolute Gasteiger partial charge is 0.464 e. The number of ether oxygens (including phenoxy) is 1. The Morgan fingerprint density at radius 3 is 2.71 bits per heavy atom. The van der Waals surface area contributed by atoms with E-state index in [0.29, 0.717) is 18.6 Å². The van der Waals surface area contributed by atoms with Gasteiger partial charge in [0, 0.05) is 12.1 Å². The number of hydrogen-bond acceptors (Lipinski definition) is 6. The average molecular weight is 237 g/mol. The second-order valence-electron chi connectivity index (χ2n) is 4.78. The number of anilines is 2. The number of rotatable bonds is 3. The van der Waals surface area contributed by atoms with E-state index in [4.69, 9.17) is 10.5 Å². The van der Waals surface area contributed by atoms with Crippen molar-refractivity contribution >= 4 is 11.9 Å². The summed E-state index contributed by atoms with van der Waals surface area (Å²) in [5.74, 6) is 0.824. The van der Waals surface area contributed by atoms with Gasteiger partial charge in [0.25, 0.3) is 0 Å². The van der Waals surface area contributed by atoms with Crippen LogP contribution in [0, 0.1) is 0 Å². The molecule has 1 aromatic heterocycles. The summed E-state index contributed by atoms with van der Waals surface area (Å²) < 4.78 is 5.29. The maximum atomic E-state index is 5.68. The second kappa shape index (κ2) is 4.35. The molecule has 6 nitrogen and oxygen atoms in total. The van der Waals surface area contributed by atoms with Gasteiger partial charge < -0.3 is 15.4 Å². The fraction of sp³-hybridized carbons (Fsp3) is 0.727. The molecule has 0 atom stereocenters. The van der Waals surface area contributed by atoms with Crippen LogP contribution < -0.4 is 15.4 Å². The first-order chi connectivity index (χ1) is 8.03. The lowest BCUT2D eigenvalue weighted by atomic mass is 10.0. The number of nitrogens with two attached hydrogens (primary N) is 1. The molecule has 0 unspecified atom stereocenters. The summed E-state index contributed by atoms with van der Waals surface area (Å²) in [5.41, 5.74) is 5.74. The van der Waals surface area contributed by atoms with Crippen molar-refractivity contribution < 1.29 is 4.74 Å². The molecule has 1 aliphatic heterocycles. The standard InChI is InChI=1S/C11H19N5O/c1-4-17-10-14-8(12)13-9(15-10)16-7-5-6-11(16,2)3/h4-7H2,1-3H3,(H2,12,13,14,15). The molecule has 1 aromatic rings. The summed E-state index contributed by atoms with van der Waals surface area (Å²) >= 11 is 0. The van der Waals surface area contributed by atoms with Gasteiger partial charge in [-0.05, 0) is 33.6 Å². The zero-order valence-electron chi connectivity index (χ0n) is 10.6. The van der Waals surface area contributed by atoms with Crippen molar-refractivity contribution in [3.8, 4) is 6.01 Å². The molecule has 2 N–H and O–H groups in total. The van der Waals surface area contributed by atoms with Crippen LogP contribution >= 0.6 is 0 Å². The molecule has 0 amide bonds. The summed E-state index contributed by atoms with van der Waals surface area (Å²) in [6, 6.07) is 0.303. The van der Waals surface area contributed by atoms with E-state index in [-0.39, 0.29) is 11.5 Å². The Kier molecular flexibility index (Phi) is 3.04. The highest BCUT2D eigenvalue weighted by Gasteiger charge is 2.34. The molecule has 0 aliphatic carbocycles. The molecule has 0 saturated carbocycles. The van der Waals surface area contributed by atoms with E-state index in [1.54, 1.807) is 0 Å². The van der Waals surface area contributed by atoms with E-state index < -0.39 is 0 Å². The molecule has 2 rings (SSSR count). The Labute approximate surface area is 101 Å². The molecule has 94 valence electrons. The van der Waals surface area contributed by atoms with Crippen LogP contribution in [0.2, 0.25) is 0 Å². The number of nitrogen functional groups attached to an aromatic ring is 1. The van der Waals surface area contributed by atoms with Crippen LogP contribution in [0.25, 0.3) is 0 Å². The van der Waals surface area contributed by atoms with Crippen molar-refractivity contribution in [2.24, 2.45) is 0 Å². The second-order valence-corrected chi connectivity index (χ2v) is 4.78. The third-order valence-corrected chi connectivity index (χ3v) is 3.04. The van der Waals surface area contributed by atoms with E-state index in [1.807, 2.05) is 6.92 Å². The van der Waals surface area contributed by atoms with Gasteiger partial charge in [0.15, 0.2) is 0 Å². The van der Waals surface area contributed by atoms with Gasteiger partial charge in [0.2, 0.25) is 11.9 Å². The lowest BCUT2D eigenvalue weighted by molar-refractivity contribution is 0.311. The Bertz CT molecular complexity index is 407. The summed E-state index contributed by atoms with van der Waals surface area (Å²) in [7, 11) is 0. The number of nitrogens with zero attached hydrogens (tertiary/aromatic N) is 4. The highest BCUT2D eigenvalue weighted by atomic mass is 16.5. The summed E-state index contributed by atoms with van der Waals surface area (Å²) in [4.78, 5) is 14.6. The molecular weight excluding hydrogens is 218 g/mol. The van der Waals surface area contributed by atoms with E-state index in [9.17, 15) is 0 Å². The SMILES string of the molecule is CCOc1nc(N)nc(N2CCCC2(C)C)n1. The van der Waals surface area contributed by atoms with Crippen LogP contribution in [0.4, 0.5) is 11.9 Å². The lowest BCUT2D eigenvalue weighted by Crippen LogP contribution is -2.39. The van der Waals surface area contributed by atoms with Gasteiger partial charge in [0.05, 0.1) is 6.61 Å². The highest BCUT2D eigenvalue weighted by molar-refractivity contribution is 5.40. The predicted octanol–water partition coefficient (Wildman–Crippen LogP) is 1.23. The van der Waals surface area contributed by atoms with Gasteiger partial charge in [-0.15, -0.1) is 0 Å². The minimum absolute atomic E-state index is 0.0667. The number of aromatic nitrogens is 3. The van der Waals surface area contributed by atoms with Crippen molar-refractivity contribution in [3.63, 3.8) is 0 Å². The monoisotopic (exact) mass is 237 g/mol. The molecule has 1 fully saturated rings. The molecule has 0 spiro atoms. The first-order valence-corrected chi connectivity index (χ1v) is 5.95. The van der Waals surface area contributed by atoms with Gasteiger partial charge in [-0.25, -0.2) is 0 Å². The molecule has 17 heavy (non-hydrogen) atoms. The van der Waals surface area contributed by atoms with E-state index >= 15 is 0 Å². The molecule has 1 aliphatic rings. The van der Waals surface area contributed by atoms with Crippen LogP contribution in [0.3, 0.4) is 0 Å². The molecule has 0 bridgehead atoms. The van der Waals surface area contributed by atoms with E-state index in [0.717, 1.165) is 19.4 Å². The molecule has 2 heterocycles. The lowest BCUT2D eigenvalue weighted by Gasteiger charge is -2.31. The van der Waals surface area contributed by atoms with Gasteiger partial charge in [-0.2, -0.15) is 15.0 Å². The van der Waals surface area contributed by atoms with Crippen molar-refractivity contribution in [1.29, 1.82) is 0 Å². The Morgan fingerprint density at radius 2 is 2.12 bits per heavy atom. The minimum atomic E-state index is 0.0667. The average Bonchev–Trinajstić information content (AvgIpc) is 2.57. The van der Waals surface area contributed by atoms with E-state index in [2.05, 4.69) is 33.7 Å². The van der Waals surface area contributed by atoms with Crippen LogP contribution in [0.1, 0.15) is 33.6 Å². The van der Waals surface area contributed by atoms with Crippen molar-refractivity contribution in [3.05, 3.63) is 0 Å². The summed E-state index contributed by atoms with van der Waals surface area (Å²) in [6.07, 6.45) is 2.27. The Hall–Kier alpha value is -1.59. The zero-order chi connectivity index (χ0) is 12.5. The Morgan fingerprint density at radius 1 is 1.35 bits per heavy atom. The fourth-order valence-corrected chi connectivity index (χ4v) is 2.15. The van der Waals surface area contributed by atoms with Crippen LogP contribution in [-0.4, -0.2) is 33.6 Å². The third-order valence-electron chi connectivity index (χ3n) is 3.04. The van der Waals surface area contributed by atoms with Crippen LogP contribution in [0.15, 0.2) is 0 Å². The molecule has 0 aromatic carbocycles. The summed E-state index contributed by atoms with van der Waals surface area (Å²) in [6.45, 7) is 7.72. The first-order valence-electron chi connectivity index (χ1n) is 5.95. The summed E-state index contributed by atoms with van der Waals surface area (Å²) in [5, 5.41) is 0. The maximum absolute atomic E-state index is 5.68. The minimum Gasteiger partial charge on any atom is -0.464 e. The quantitative estimate of drug-likeness (QED) is 0.852. The van der Waals surface area contributed by atoms with Crippen LogP contribution in [-0.2, 0) is 0 Å². The molecular formula is C11H19N5O. The topological polar surface area (TPSA) is 77.2 Å². The smallest absolute Gasteiger partial charge is 0.323 e. The van der Waals surface area contributed by atoms with Gasteiger partial charge in [0.1, 0.15) is 0 Å². The first kappa shape index (κ1) is 11.9. The van der Waals surface area contributed by atoms with Gasteiger partial charge in [-0.3, -0.25) is 0 Å². The van der Waals surface area contributed by atoms with Gasteiger partial charge in [-0.1, -0.05) is 0 Å². The highest BCUT2D eigenvalue weighted by Crippen LogP contribution is 2.31. The van der Waals surface area contributed by atoms with E-state index in [1.165, 1.54) is 0 Å². The third kappa shape index (κ3) is 2.40. The molecule has 1 saturated heterocycles. The molecule has 6 heteroatoms. The Balaban J connectivity index is 2.31. The fourth-order valence-electron chi connectivity index (χ4n) is 2.15. The van der Waals surface area contributed by atoms with Crippen LogP contribution in [0.5, 0.6) is 6.01 Å². The van der Waals surface area contributed by atoms with Crippen molar-refractivity contribution in [1.82, 2.24) is 15.0 Å². The van der Waals surface area contributed by atoms with Crippen molar-refractivity contribution in [2.45, 2.75) is 39.2 Å². The molecule has 0 radical (unpaired) electrons. The maximum Gasteiger partial charge on any atom is 0.323 e. The number of hydrogen-bond donors (Lipinski definition) is 1. The van der Waals surface area contributed by atoms with Crippen molar-refractivity contribution in [2.75, 3.05) is 23.8 Å². The zero-order valence-corrected chi connectivity index (χ0v) is 10.6.